The van der Waals surface area contributed by atoms with Gasteiger partial charge in [0.05, 0.1) is 0 Å². The molecule has 76 valence electrons. The third-order valence-electron chi connectivity index (χ3n) is 1.56. The lowest BCUT2D eigenvalue weighted by Gasteiger charge is -2.20. The minimum Gasteiger partial charge on any atom is -0.347 e. The van der Waals surface area contributed by atoms with Crippen molar-refractivity contribution in [1.29, 1.82) is 0 Å². The molecule has 0 heterocycles. The number of amides is 3. The zero-order valence-electron chi connectivity index (χ0n) is 8.79. The highest BCUT2D eigenvalue weighted by atomic mass is 16.2. The standard InChI is InChI=1S/C8H17N3O2/c1-6(7(12)10(2)3)9-8(13)11(4)5/h6H,1-5H3,(H,9,13). The van der Waals surface area contributed by atoms with E-state index in [1.165, 1.54) is 9.80 Å². The summed E-state index contributed by atoms with van der Waals surface area (Å²) >= 11 is 0. The van der Waals surface area contributed by atoms with Crippen molar-refractivity contribution in [3.63, 3.8) is 0 Å². The first-order valence-corrected chi connectivity index (χ1v) is 4.05. The summed E-state index contributed by atoms with van der Waals surface area (Å²) in [4.78, 5) is 25.3. The predicted molar refractivity (Wildman–Crippen MR) is 50.4 cm³/mol. The van der Waals surface area contributed by atoms with Gasteiger partial charge in [0.25, 0.3) is 0 Å². The van der Waals surface area contributed by atoms with Crippen LogP contribution in [0, 0.1) is 0 Å². The Labute approximate surface area is 78.7 Å². The summed E-state index contributed by atoms with van der Waals surface area (Å²) < 4.78 is 0. The number of nitrogens with one attached hydrogen (secondary N) is 1. The Morgan fingerprint density at radius 3 is 1.85 bits per heavy atom. The Hall–Kier alpha value is -1.26. The Morgan fingerprint density at radius 1 is 1.08 bits per heavy atom. The summed E-state index contributed by atoms with van der Waals surface area (Å²) in [5.41, 5.74) is 0. The summed E-state index contributed by atoms with van der Waals surface area (Å²) in [5.74, 6) is -0.116. The largest absolute Gasteiger partial charge is 0.347 e. The van der Waals surface area contributed by atoms with Crippen LogP contribution in [0.25, 0.3) is 0 Å². The van der Waals surface area contributed by atoms with Gasteiger partial charge in [-0.1, -0.05) is 0 Å². The van der Waals surface area contributed by atoms with Crippen molar-refractivity contribution in [1.82, 2.24) is 15.1 Å². The van der Waals surface area contributed by atoms with E-state index in [2.05, 4.69) is 5.32 Å². The van der Waals surface area contributed by atoms with Crippen LogP contribution in [0.15, 0.2) is 0 Å². The van der Waals surface area contributed by atoms with Crippen LogP contribution in [-0.2, 0) is 4.79 Å². The molecule has 0 aromatic rings. The van der Waals surface area contributed by atoms with E-state index in [4.69, 9.17) is 0 Å². The second-order valence-corrected chi connectivity index (χ2v) is 3.30. The molecule has 0 spiro atoms. The van der Waals surface area contributed by atoms with Crippen LogP contribution in [0.1, 0.15) is 6.92 Å². The van der Waals surface area contributed by atoms with Crippen molar-refractivity contribution in [2.45, 2.75) is 13.0 Å². The number of hydrogen-bond donors (Lipinski definition) is 1. The third-order valence-corrected chi connectivity index (χ3v) is 1.56. The van der Waals surface area contributed by atoms with E-state index in [1.807, 2.05) is 0 Å². The Bertz CT molecular complexity index is 202. The predicted octanol–water partition coefficient (Wildman–Crippen LogP) is -0.266. The molecule has 0 aliphatic heterocycles. The zero-order valence-corrected chi connectivity index (χ0v) is 8.79. The molecule has 0 aliphatic carbocycles. The SMILES string of the molecule is CC(NC(=O)N(C)C)C(=O)N(C)C. The second-order valence-electron chi connectivity index (χ2n) is 3.30. The van der Waals surface area contributed by atoms with E-state index < -0.39 is 6.04 Å². The summed E-state index contributed by atoms with van der Waals surface area (Å²) in [6.45, 7) is 1.66. The highest BCUT2D eigenvalue weighted by Gasteiger charge is 2.17. The molecule has 1 atom stereocenters. The molecule has 5 heteroatoms. The lowest BCUT2D eigenvalue weighted by atomic mass is 10.3. The molecule has 0 radical (unpaired) electrons. The van der Waals surface area contributed by atoms with E-state index in [0.29, 0.717) is 0 Å². The van der Waals surface area contributed by atoms with E-state index >= 15 is 0 Å². The summed E-state index contributed by atoms with van der Waals surface area (Å²) in [6.07, 6.45) is 0. The minimum absolute atomic E-state index is 0.116. The van der Waals surface area contributed by atoms with Gasteiger partial charge in [-0.05, 0) is 6.92 Å². The van der Waals surface area contributed by atoms with Gasteiger partial charge in [-0.3, -0.25) is 4.79 Å². The van der Waals surface area contributed by atoms with Crippen LogP contribution in [-0.4, -0.2) is 56.0 Å². The lowest BCUT2D eigenvalue weighted by molar-refractivity contribution is -0.130. The molecule has 0 rings (SSSR count). The Kier molecular flexibility index (Phi) is 4.23. The smallest absolute Gasteiger partial charge is 0.317 e. The van der Waals surface area contributed by atoms with Crippen molar-refractivity contribution in [2.75, 3.05) is 28.2 Å². The van der Waals surface area contributed by atoms with Crippen molar-refractivity contribution >= 4 is 11.9 Å². The second kappa shape index (κ2) is 4.69. The van der Waals surface area contributed by atoms with Crippen LogP contribution in [0.3, 0.4) is 0 Å². The van der Waals surface area contributed by atoms with Crippen LogP contribution in [0.2, 0.25) is 0 Å². The molecular formula is C8H17N3O2. The molecule has 0 saturated heterocycles. The average molecular weight is 187 g/mol. The van der Waals surface area contributed by atoms with Crippen molar-refractivity contribution < 1.29 is 9.59 Å². The zero-order chi connectivity index (χ0) is 10.6. The number of hydrogen-bond acceptors (Lipinski definition) is 2. The highest BCUT2D eigenvalue weighted by molar-refractivity contribution is 5.86. The van der Waals surface area contributed by atoms with Crippen LogP contribution < -0.4 is 5.32 Å². The topological polar surface area (TPSA) is 52.7 Å². The van der Waals surface area contributed by atoms with E-state index in [-0.39, 0.29) is 11.9 Å². The Morgan fingerprint density at radius 2 is 1.54 bits per heavy atom. The number of carbonyl (C=O) groups is 2. The van der Waals surface area contributed by atoms with Crippen LogP contribution >= 0.6 is 0 Å². The summed E-state index contributed by atoms with van der Waals surface area (Å²) in [5, 5.41) is 2.56. The van der Waals surface area contributed by atoms with Crippen LogP contribution in [0.4, 0.5) is 4.79 Å². The molecule has 0 aromatic carbocycles. The van der Waals surface area contributed by atoms with Gasteiger partial charge in [0.2, 0.25) is 5.91 Å². The Balaban J connectivity index is 4.08. The first kappa shape index (κ1) is 11.7. The van der Waals surface area contributed by atoms with Gasteiger partial charge < -0.3 is 15.1 Å². The molecule has 0 fully saturated rings. The number of rotatable bonds is 2. The number of carbonyl (C=O) groups excluding carboxylic acids is 2. The maximum atomic E-state index is 11.3. The summed E-state index contributed by atoms with van der Waals surface area (Å²) in [7, 11) is 6.56. The van der Waals surface area contributed by atoms with Gasteiger partial charge in [-0.25, -0.2) is 4.79 Å². The fraction of sp³-hybridized carbons (Fsp3) is 0.750. The molecule has 0 aliphatic rings. The monoisotopic (exact) mass is 187 g/mol. The van der Waals surface area contributed by atoms with Gasteiger partial charge in [-0.2, -0.15) is 0 Å². The molecule has 1 unspecified atom stereocenters. The first-order valence-electron chi connectivity index (χ1n) is 4.05. The fourth-order valence-electron chi connectivity index (χ4n) is 0.763. The van der Waals surface area contributed by atoms with Gasteiger partial charge in [0, 0.05) is 28.2 Å². The van der Waals surface area contributed by atoms with Crippen molar-refractivity contribution in [2.24, 2.45) is 0 Å². The maximum Gasteiger partial charge on any atom is 0.317 e. The average Bonchev–Trinajstić information content (AvgIpc) is 2.02. The number of urea groups is 1. The van der Waals surface area contributed by atoms with Gasteiger partial charge in [-0.15, -0.1) is 0 Å². The molecule has 5 nitrogen and oxygen atoms in total. The van der Waals surface area contributed by atoms with E-state index in [9.17, 15) is 9.59 Å². The number of nitrogens with zero attached hydrogens (tertiary/aromatic N) is 2. The third kappa shape index (κ3) is 3.78. The lowest BCUT2D eigenvalue weighted by Crippen LogP contribution is -2.47. The normalized spacial score (nSPS) is 11.8. The van der Waals surface area contributed by atoms with E-state index in [0.717, 1.165) is 0 Å². The number of likely N-dealkylation sites (N-methyl/N-ethyl adjacent to an activating group) is 1. The van der Waals surface area contributed by atoms with Gasteiger partial charge >= 0.3 is 6.03 Å². The molecule has 3 amide bonds. The van der Waals surface area contributed by atoms with E-state index in [1.54, 1.807) is 35.1 Å². The highest BCUT2D eigenvalue weighted by Crippen LogP contribution is 1.89. The van der Waals surface area contributed by atoms with Crippen molar-refractivity contribution in [3.8, 4) is 0 Å². The first-order chi connectivity index (χ1) is 5.86. The van der Waals surface area contributed by atoms with Crippen molar-refractivity contribution in [3.05, 3.63) is 0 Å². The summed E-state index contributed by atoms with van der Waals surface area (Å²) in [6, 6.07) is -0.743. The quantitative estimate of drug-likeness (QED) is 0.647. The van der Waals surface area contributed by atoms with Crippen LogP contribution in [0.5, 0.6) is 0 Å². The van der Waals surface area contributed by atoms with Gasteiger partial charge in [0.15, 0.2) is 0 Å². The van der Waals surface area contributed by atoms with Gasteiger partial charge in [0.1, 0.15) is 6.04 Å². The molecule has 1 N–H and O–H groups in total. The molecule has 0 bridgehead atoms. The minimum atomic E-state index is -0.482. The molecular weight excluding hydrogens is 170 g/mol. The molecule has 0 aromatic heterocycles. The fourth-order valence-corrected chi connectivity index (χ4v) is 0.763. The molecule has 0 saturated carbocycles. The molecule has 13 heavy (non-hydrogen) atoms. The maximum absolute atomic E-state index is 11.3.